The molecular weight excluding hydrogens is 542 g/mol. The van der Waals surface area contributed by atoms with Gasteiger partial charge in [0.25, 0.3) is 0 Å². The van der Waals surface area contributed by atoms with Crippen LogP contribution in [0, 0.1) is 5.41 Å². The van der Waals surface area contributed by atoms with Gasteiger partial charge in [-0.3, -0.25) is 14.2 Å². The second-order valence-corrected chi connectivity index (χ2v) is 13.0. The van der Waals surface area contributed by atoms with E-state index in [0.29, 0.717) is 0 Å². The number of H-pyrrole nitrogens is 1. The molecule has 0 atom stereocenters. The highest BCUT2D eigenvalue weighted by Crippen LogP contribution is 2.66. The third-order valence-corrected chi connectivity index (χ3v) is 10.2. The lowest BCUT2D eigenvalue weighted by molar-refractivity contribution is -0.134. The Morgan fingerprint density at radius 3 is 2.47 bits per heavy atom. The van der Waals surface area contributed by atoms with E-state index < -0.39 is 5.41 Å². The van der Waals surface area contributed by atoms with Crippen LogP contribution >= 0.6 is 0 Å². The predicted octanol–water partition coefficient (Wildman–Crippen LogP) is 4.29. The first-order chi connectivity index (χ1) is 20.6. The van der Waals surface area contributed by atoms with Crippen LogP contribution in [-0.2, 0) is 24.3 Å². The number of rotatable bonds is 2. The fourth-order valence-electron chi connectivity index (χ4n) is 8.16. The van der Waals surface area contributed by atoms with E-state index in [2.05, 4.69) is 33.4 Å². The van der Waals surface area contributed by atoms with E-state index in [4.69, 9.17) is 4.98 Å². The van der Waals surface area contributed by atoms with Gasteiger partial charge in [0.05, 0.1) is 40.9 Å². The molecule has 1 aliphatic carbocycles. The molecule has 0 radical (unpaired) electrons. The minimum atomic E-state index is -0.611. The first kappa shape index (κ1) is 26.0. The van der Waals surface area contributed by atoms with Gasteiger partial charge in [-0.05, 0) is 48.8 Å². The second-order valence-electron chi connectivity index (χ2n) is 13.0. The number of likely N-dealkylation sites (tertiary alicyclic amines) is 1. The number of aromatic nitrogens is 6. The zero-order valence-electron chi connectivity index (χ0n) is 25.2. The number of carbonyl (C=O) groups is 2. The van der Waals surface area contributed by atoms with Gasteiger partial charge in [-0.25, -0.2) is 9.78 Å². The highest BCUT2D eigenvalue weighted by molar-refractivity contribution is 6.17. The largest absolute Gasteiger partial charge is 0.339 e. The van der Waals surface area contributed by atoms with Crippen molar-refractivity contribution in [1.82, 2.24) is 39.3 Å². The summed E-state index contributed by atoms with van der Waals surface area (Å²) in [6.07, 6.45) is 11.0. The lowest BCUT2D eigenvalue weighted by Gasteiger charge is -2.57. The zero-order valence-corrected chi connectivity index (χ0v) is 25.2. The molecule has 4 aromatic heterocycles. The standard InChI is InChI=1S/C32H35N9O2/c1-37(2)30(43)41-10-8-31(9-11-41)17-32(18-31)26-23(39(4)29(32)42)15-33-28-25(26)24(27(36-28)21-14-34-38(3)16-21)19-6-7-22-20(12-19)13-35-40(22)5/h6-7,12-16H,8-11,17-18H2,1-5H3,(H,33,36). The van der Waals surface area contributed by atoms with E-state index in [1.807, 2.05) is 60.4 Å². The van der Waals surface area contributed by atoms with Crippen LogP contribution in [0.5, 0.6) is 0 Å². The molecule has 3 aliphatic rings. The summed E-state index contributed by atoms with van der Waals surface area (Å²) >= 11 is 0. The molecule has 3 amide bonds. The molecule has 43 heavy (non-hydrogen) atoms. The maximum absolute atomic E-state index is 14.2. The Morgan fingerprint density at radius 1 is 1.00 bits per heavy atom. The Morgan fingerprint density at radius 2 is 1.77 bits per heavy atom. The molecule has 0 unspecified atom stereocenters. The van der Waals surface area contributed by atoms with Crippen LogP contribution in [0.25, 0.3) is 44.3 Å². The van der Waals surface area contributed by atoms with Gasteiger partial charge in [0.2, 0.25) is 5.91 Å². The normalized spacial score (nSPS) is 18.7. The van der Waals surface area contributed by atoms with Crippen LogP contribution < -0.4 is 4.90 Å². The number of amides is 3. The van der Waals surface area contributed by atoms with Gasteiger partial charge in [-0.1, -0.05) is 6.07 Å². The number of likely N-dealkylation sites (N-methyl/N-ethyl adjacent to an activating group) is 1. The summed E-state index contributed by atoms with van der Waals surface area (Å²) in [6.45, 7) is 1.45. The molecule has 6 heterocycles. The molecule has 2 fully saturated rings. The molecule has 1 saturated carbocycles. The van der Waals surface area contributed by atoms with Gasteiger partial charge >= 0.3 is 6.03 Å². The fraction of sp³-hybridized carbons (Fsp3) is 0.406. The lowest BCUT2D eigenvalue weighted by atomic mass is 9.47. The van der Waals surface area contributed by atoms with Crippen molar-refractivity contribution in [1.29, 1.82) is 0 Å². The van der Waals surface area contributed by atoms with Crippen molar-refractivity contribution >= 4 is 39.6 Å². The van der Waals surface area contributed by atoms with Crippen LogP contribution in [0.3, 0.4) is 0 Å². The molecule has 2 spiro atoms. The number of pyridine rings is 1. The average molecular weight is 578 g/mol. The maximum atomic E-state index is 14.2. The molecule has 2 aliphatic heterocycles. The monoisotopic (exact) mass is 577 g/mol. The first-order valence-corrected chi connectivity index (χ1v) is 14.8. The van der Waals surface area contributed by atoms with Crippen LogP contribution in [0.4, 0.5) is 10.5 Å². The number of fused-ring (bicyclic) bond motifs is 5. The quantitative estimate of drug-likeness (QED) is 0.337. The first-order valence-electron chi connectivity index (χ1n) is 14.8. The number of urea groups is 1. The molecule has 1 aromatic carbocycles. The Bertz CT molecular complexity index is 1960. The molecule has 11 nitrogen and oxygen atoms in total. The van der Waals surface area contributed by atoms with E-state index in [0.717, 1.165) is 94.3 Å². The summed E-state index contributed by atoms with van der Waals surface area (Å²) in [6, 6.07) is 6.48. The third-order valence-electron chi connectivity index (χ3n) is 10.2. The number of piperidine rings is 1. The number of aromatic amines is 1. The van der Waals surface area contributed by atoms with E-state index in [1.54, 1.807) is 23.7 Å². The molecule has 1 N–H and O–H groups in total. The van der Waals surface area contributed by atoms with Crippen LogP contribution in [-0.4, -0.2) is 85.5 Å². The van der Waals surface area contributed by atoms with Crippen molar-refractivity contribution in [3.63, 3.8) is 0 Å². The number of nitrogens with zero attached hydrogens (tertiary/aromatic N) is 8. The number of carbonyl (C=O) groups excluding carboxylic acids is 2. The summed E-state index contributed by atoms with van der Waals surface area (Å²) in [5.74, 6) is 0.145. The van der Waals surface area contributed by atoms with Crippen molar-refractivity contribution in [3.8, 4) is 22.4 Å². The zero-order chi connectivity index (χ0) is 29.8. The molecule has 0 bridgehead atoms. The Hall–Kier alpha value is -4.67. The number of hydrogen-bond donors (Lipinski definition) is 1. The molecule has 1 saturated heterocycles. The summed E-state index contributed by atoms with van der Waals surface area (Å²) in [7, 11) is 9.34. The van der Waals surface area contributed by atoms with E-state index in [1.165, 1.54) is 0 Å². The average Bonchev–Trinajstić information content (AvgIpc) is 3.73. The van der Waals surface area contributed by atoms with Crippen molar-refractivity contribution in [2.45, 2.75) is 31.1 Å². The van der Waals surface area contributed by atoms with E-state index in [9.17, 15) is 9.59 Å². The van der Waals surface area contributed by atoms with Crippen LogP contribution in [0.15, 0.2) is 43.0 Å². The molecule has 5 aromatic rings. The Kier molecular flexibility index (Phi) is 5.25. The van der Waals surface area contributed by atoms with Crippen LogP contribution in [0.1, 0.15) is 31.2 Å². The fourth-order valence-corrected chi connectivity index (χ4v) is 8.16. The minimum Gasteiger partial charge on any atom is -0.339 e. The summed E-state index contributed by atoms with van der Waals surface area (Å²) in [5, 5.41) is 11.0. The molecule has 11 heteroatoms. The number of nitrogens with one attached hydrogen (secondary N) is 1. The highest BCUT2D eigenvalue weighted by Gasteiger charge is 2.65. The lowest BCUT2D eigenvalue weighted by Crippen LogP contribution is -2.59. The number of benzene rings is 1. The van der Waals surface area contributed by atoms with Gasteiger partial charge in [-0.15, -0.1) is 0 Å². The van der Waals surface area contributed by atoms with Gasteiger partial charge in [-0.2, -0.15) is 10.2 Å². The van der Waals surface area contributed by atoms with Crippen LogP contribution in [0.2, 0.25) is 0 Å². The van der Waals surface area contributed by atoms with Gasteiger partial charge in [0.1, 0.15) is 5.65 Å². The van der Waals surface area contributed by atoms with Crippen molar-refractivity contribution in [2.24, 2.45) is 19.5 Å². The smallest absolute Gasteiger partial charge is 0.319 e. The minimum absolute atomic E-state index is 0.0497. The van der Waals surface area contributed by atoms with E-state index in [-0.39, 0.29) is 17.4 Å². The number of aryl methyl sites for hydroxylation is 2. The predicted molar refractivity (Wildman–Crippen MR) is 165 cm³/mol. The Labute approximate surface area is 249 Å². The second kappa shape index (κ2) is 8.68. The summed E-state index contributed by atoms with van der Waals surface area (Å²) < 4.78 is 3.68. The van der Waals surface area contributed by atoms with Crippen molar-refractivity contribution in [2.75, 3.05) is 39.1 Å². The topological polar surface area (TPSA) is 108 Å². The highest BCUT2D eigenvalue weighted by atomic mass is 16.2. The third kappa shape index (κ3) is 3.50. The summed E-state index contributed by atoms with van der Waals surface area (Å²) in [4.78, 5) is 40.7. The Balaban J connectivity index is 1.29. The van der Waals surface area contributed by atoms with Gasteiger partial charge in [0.15, 0.2) is 0 Å². The summed E-state index contributed by atoms with van der Waals surface area (Å²) in [5.41, 5.74) is 7.21. The van der Waals surface area contributed by atoms with Crippen molar-refractivity contribution < 1.29 is 9.59 Å². The van der Waals surface area contributed by atoms with Gasteiger partial charge in [0, 0.05) is 82.0 Å². The number of hydrogen-bond acceptors (Lipinski definition) is 5. The van der Waals surface area contributed by atoms with Crippen molar-refractivity contribution in [3.05, 3.63) is 48.5 Å². The van der Waals surface area contributed by atoms with E-state index >= 15 is 0 Å². The van der Waals surface area contributed by atoms with Gasteiger partial charge < -0.3 is 19.7 Å². The molecular formula is C32H35N9O2. The number of anilines is 1. The molecule has 220 valence electrons. The maximum Gasteiger partial charge on any atom is 0.319 e. The molecule has 8 rings (SSSR count). The SMILES string of the molecule is CN(C)C(=O)N1CCC2(CC1)CC1(C2)C(=O)N(C)c2cnc3[nH]c(-c4cnn(C)c4)c(-c4ccc5c(cnn5C)c4)c3c21.